The third kappa shape index (κ3) is 5.92. The molecule has 0 aromatic carbocycles. The number of rotatable bonds is 6. The Hall–Kier alpha value is -0.830. The predicted molar refractivity (Wildman–Crippen MR) is 48.9 cm³/mol. The highest BCUT2D eigenvalue weighted by Crippen LogP contribution is 1.98. The SMILES string of the molecule is CCC/C=C\CC[C@@H](N)C(=O)O. The van der Waals surface area contributed by atoms with Crippen molar-refractivity contribution in [3.63, 3.8) is 0 Å². The molecule has 3 nitrogen and oxygen atoms in total. The Morgan fingerprint density at radius 3 is 2.58 bits per heavy atom. The first-order chi connectivity index (χ1) is 5.68. The van der Waals surface area contributed by atoms with Gasteiger partial charge in [0.2, 0.25) is 0 Å². The summed E-state index contributed by atoms with van der Waals surface area (Å²) in [5.74, 6) is -0.918. The number of carboxylic acid groups (broad SMARTS) is 1. The van der Waals surface area contributed by atoms with Gasteiger partial charge in [-0.15, -0.1) is 0 Å². The fraction of sp³-hybridized carbons (Fsp3) is 0.667. The molecular formula is C9H17NO2. The van der Waals surface area contributed by atoms with E-state index in [1.54, 1.807) is 0 Å². The minimum Gasteiger partial charge on any atom is -0.480 e. The number of carboxylic acids is 1. The van der Waals surface area contributed by atoms with Crippen LogP contribution in [0.1, 0.15) is 32.6 Å². The summed E-state index contributed by atoms with van der Waals surface area (Å²) in [6, 6.07) is -0.712. The molecule has 1 atom stereocenters. The largest absolute Gasteiger partial charge is 0.480 e. The Balaban J connectivity index is 3.36. The molecule has 0 saturated carbocycles. The van der Waals surface area contributed by atoms with Gasteiger partial charge in [-0.1, -0.05) is 25.5 Å². The van der Waals surface area contributed by atoms with Gasteiger partial charge in [-0.2, -0.15) is 0 Å². The maximum Gasteiger partial charge on any atom is 0.320 e. The molecule has 0 spiro atoms. The quantitative estimate of drug-likeness (QED) is 0.596. The number of aliphatic carboxylic acids is 1. The average molecular weight is 171 g/mol. The van der Waals surface area contributed by atoms with Crippen LogP contribution in [0.5, 0.6) is 0 Å². The zero-order valence-electron chi connectivity index (χ0n) is 7.49. The Morgan fingerprint density at radius 1 is 1.50 bits per heavy atom. The van der Waals surface area contributed by atoms with Gasteiger partial charge in [0.1, 0.15) is 6.04 Å². The molecule has 0 aliphatic heterocycles. The molecule has 0 rings (SSSR count). The van der Waals surface area contributed by atoms with Crippen LogP contribution < -0.4 is 5.73 Å². The summed E-state index contributed by atoms with van der Waals surface area (Å²) in [5, 5.41) is 8.44. The molecule has 0 saturated heterocycles. The van der Waals surface area contributed by atoms with Crippen molar-refractivity contribution in [1.29, 1.82) is 0 Å². The van der Waals surface area contributed by atoms with Gasteiger partial charge < -0.3 is 10.8 Å². The van der Waals surface area contributed by atoms with Gasteiger partial charge in [-0.3, -0.25) is 4.79 Å². The van der Waals surface area contributed by atoms with Crippen LogP contribution in [-0.2, 0) is 4.79 Å². The smallest absolute Gasteiger partial charge is 0.320 e. The lowest BCUT2D eigenvalue weighted by atomic mass is 10.1. The molecule has 0 aromatic heterocycles. The number of nitrogens with two attached hydrogens (primary N) is 1. The third-order valence-corrected chi connectivity index (χ3v) is 1.58. The van der Waals surface area contributed by atoms with Crippen molar-refractivity contribution >= 4 is 5.97 Å². The minimum absolute atomic E-state index is 0.523. The van der Waals surface area contributed by atoms with Crippen LogP contribution >= 0.6 is 0 Å². The summed E-state index contributed by atoms with van der Waals surface area (Å²) in [6.07, 6.45) is 7.52. The number of carbonyl (C=O) groups is 1. The average Bonchev–Trinajstić information content (AvgIpc) is 2.03. The molecule has 12 heavy (non-hydrogen) atoms. The molecule has 0 amide bonds. The van der Waals surface area contributed by atoms with Gasteiger partial charge in [-0.05, 0) is 19.3 Å². The highest BCUT2D eigenvalue weighted by Gasteiger charge is 2.08. The van der Waals surface area contributed by atoms with Crippen LogP contribution in [0, 0.1) is 0 Å². The van der Waals surface area contributed by atoms with Crippen molar-refractivity contribution < 1.29 is 9.90 Å². The zero-order chi connectivity index (χ0) is 9.40. The second-order valence-corrected chi connectivity index (χ2v) is 2.78. The first-order valence-corrected chi connectivity index (χ1v) is 4.31. The molecule has 0 aliphatic carbocycles. The van der Waals surface area contributed by atoms with E-state index >= 15 is 0 Å². The first-order valence-electron chi connectivity index (χ1n) is 4.31. The number of unbranched alkanes of at least 4 members (excludes halogenated alkanes) is 1. The van der Waals surface area contributed by atoms with Crippen LogP contribution in [0.15, 0.2) is 12.2 Å². The topological polar surface area (TPSA) is 63.3 Å². The molecule has 0 fully saturated rings. The summed E-state index contributed by atoms with van der Waals surface area (Å²) >= 11 is 0. The highest BCUT2D eigenvalue weighted by atomic mass is 16.4. The van der Waals surface area contributed by atoms with Gasteiger partial charge in [0.25, 0.3) is 0 Å². The maximum absolute atomic E-state index is 10.3. The summed E-state index contributed by atoms with van der Waals surface area (Å²) in [7, 11) is 0. The molecule has 0 unspecified atom stereocenters. The maximum atomic E-state index is 10.3. The van der Waals surface area contributed by atoms with E-state index in [-0.39, 0.29) is 0 Å². The Labute approximate surface area is 73.3 Å². The van der Waals surface area contributed by atoms with E-state index < -0.39 is 12.0 Å². The lowest BCUT2D eigenvalue weighted by Gasteiger charge is -2.01. The van der Waals surface area contributed by atoms with Crippen molar-refractivity contribution in [2.75, 3.05) is 0 Å². The monoisotopic (exact) mass is 171 g/mol. The molecule has 70 valence electrons. The molecule has 0 radical (unpaired) electrons. The van der Waals surface area contributed by atoms with Crippen molar-refractivity contribution in [1.82, 2.24) is 0 Å². The summed E-state index contributed by atoms with van der Waals surface area (Å²) in [5.41, 5.74) is 5.30. The van der Waals surface area contributed by atoms with Gasteiger partial charge >= 0.3 is 5.97 Å². The molecule has 3 heteroatoms. The summed E-state index contributed by atoms with van der Waals surface area (Å²) in [6.45, 7) is 2.10. The Bertz CT molecular complexity index is 155. The van der Waals surface area contributed by atoms with E-state index in [9.17, 15) is 4.79 Å². The molecular weight excluding hydrogens is 154 g/mol. The van der Waals surface area contributed by atoms with E-state index in [0.717, 1.165) is 19.3 Å². The van der Waals surface area contributed by atoms with E-state index in [0.29, 0.717) is 6.42 Å². The fourth-order valence-electron chi connectivity index (χ4n) is 0.802. The van der Waals surface area contributed by atoms with Gasteiger partial charge in [0.05, 0.1) is 0 Å². The Kier molecular flexibility index (Phi) is 6.38. The van der Waals surface area contributed by atoms with Gasteiger partial charge in [0, 0.05) is 0 Å². The van der Waals surface area contributed by atoms with Crippen LogP contribution in [0.4, 0.5) is 0 Å². The van der Waals surface area contributed by atoms with Gasteiger partial charge in [0.15, 0.2) is 0 Å². The molecule has 3 N–H and O–H groups in total. The van der Waals surface area contributed by atoms with Crippen LogP contribution in [0.25, 0.3) is 0 Å². The van der Waals surface area contributed by atoms with E-state index in [1.807, 2.05) is 6.08 Å². The number of allylic oxidation sites excluding steroid dienone is 2. The van der Waals surface area contributed by atoms with Crippen molar-refractivity contribution in [3.8, 4) is 0 Å². The van der Waals surface area contributed by atoms with Crippen molar-refractivity contribution in [3.05, 3.63) is 12.2 Å². The lowest BCUT2D eigenvalue weighted by molar-refractivity contribution is -0.138. The first kappa shape index (κ1) is 11.2. The zero-order valence-corrected chi connectivity index (χ0v) is 7.49. The Morgan fingerprint density at radius 2 is 2.08 bits per heavy atom. The fourth-order valence-corrected chi connectivity index (χ4v) is 0.802. The molecule has 0 bridgehead atoms. The van der Waals surface area contributed by atoms with Crippen molar-refractivity contribution in [2.45, 2.75) is 38.6 Å². The molecule has 0 aromatic rings. The molecule has 0 heterocycles. The third-order valence-electron chi connectivity index (χ3n) is 1.58. The second kappa shape index (κ2) is 6.85. The van der Waals surface area contributed by atoms with E-state index in [4.69, 9.17) is 10.8 Å². The molecule has 0 aliphatic rings. The summed E-state index contributed by atoms with van der Waals surface area (Å²) in [4.78, 5) is 10.3. The number of hydrogen-bond donors (Lipinski definition) is 2. The van der Waals surface area contributed by atoms with Crippen LogP contribution in [-0.4, -0.2) is 17.1 Å². The standard InChI is InChI=1S/C9H17NO2/c1-2-3-4-5-6-7-8(10)9(11)12/h4-5,8H,2-3,6-7,10H2,1H3,(H,11,12)/b5-4-/t8-/m1/s1. The minimum atomic E-state index is -0.918. The van der Waals surface area contributed by atoms with Gasteiger partial charge in [-0.25, -0.2) is 0 Å². The van der Waals surface area contributed by atoms with Crippen LogP contribution in [0.2, 0.25) is 0 Å². The normalized spacial score (nSPS) is 13.5. The van der Waals surface area contributed by atoms with Crippen molar-refractivity contribution in [2.24, 2.45) is 5.73 Å². The predicted octanol–water partition coefficient (Wildman–Crippen LogP) is 1.53. The second-order valence-electron chi connectivity index (χ2n) is 2.78. The number of hydrogen-bond acceptors (Lipinski definition) is 2. The highest BCUT2D eigenvalue weighted by molar-refractivity contribution is 5.72. The van der Waals surface area contributed by atoms with Crippen LogP contribution in [0.3, 0.4) is 0 Å². The summed E-state index contributed by atoms with van der Waals surface area (Å²) < 4.78 is 0. The van der Waals surface area contributed by atoms with E-state index in [2.05, 4.69) is 13.0 Å². The lowest BCUT2D eigenvalue weighted by Crippen LogP contribution is -2.29. The van der Waals surface area contributed by atoms with E-state index in [1.165, 1.54) is 0 Å².